The number of carbonyl (C=O) groups is 2. The topological polar surface area (TPSA) is 93.1 Å². The van der Waals surface area contributed by atoms with Gasteiger partial charge < -0.3 is 19.7 Å². The van der Waals surface area contributed by atoms with Crippen LogP contribution in [-0.2, 0) is 19.1 Å². The lowest BCUT2D eigenvalue weighted by atomic mass is 10.1. The Morgan fingerprint density at radius 1 is 1.15 bits per heavy atom. The number of aliphatic carboxylic acids is 2. The highest BCUT2D eigenvalue weighted by molar-refractivity contribution is 5.92. The second-order valence-electron chi connectivity index (χ2n) is 2.37. The molecule has 2 N–H and O–H groups in total. The highest BCUT2D eigenvalue weighted by atomic mass is 16.7. The van der Waals surface area contributed by atoms with E-state index in [1.54, 1.807) is 0 Å². The van der Waals surface area contributed by atoms with E-state index in [0.29, 0.717) is 0 Å². The van der Waals surface area contributed by atoms with Crippen LogP contribution in [0.4, 0.5) is 0 Å². The van der Waals surface area contributed by atoms with Gasteiger partial charge in [0.15, 0.2) is 12.2 Å². The standard InChI is InChI=1S/C7H12O6/c1-12-5(13-2)3-4(6(8)9)7(10)11/h4-5H,3H2,1-2H3,(H,8,9)(H,10,11). The maximum absolute atomic E-state index is 10.4. The molecule has 6 nitrogen and oxygen atoms in total. The van der Waals surface area contributed by atoms with Gasteiger partial charge in [0.2, 0.25) is 0 Å². The fraction of sp³-hybridized carbons (Fsp3) is 0.714. The molecule has 0 radical (unpaired) electrons. The maximum Gasteiger partial charge on any atom is 0.318 e. The third-order valence-electron chi connectivity index (χ3n) is 1.55. The van der Waals surface area contributed by atoms with Crippen LogP contribution in [0.15, 0.2) is 0 Å². The summed E-state index contributed by atoms with van der Waals surface area (Å²) >= 11 is 0. The summed E-state index contributed by atoms with van der Waals surface area (Å²) in [6.45, 7) is 0. The number of ether oxygens (including phenoxy) is 2. The van der Waals surface area contributed by atoms with Gasteiger partial charge in [-0.1, -0.05) is 0 Å². The molecule has 0 aromatic rings. The van der Waals surface area contributed by atoms with E-state index in [1.807, 2.05) is 0 Å². The normalized spacial score (nSPS) is 10.8. The maximum atomic E-state index is 10.4. The molecule has 0 saturated heterocycles. The van der Waals surface area contributed by atoms with Crippen molar-refractivity contribution in [3.8, 4) is 0 Å². The van der Waals surface area contributed by atoms with Gasteiger partial charge in [-0.3, -0.25) is 9.59 Å². The molecule has 0 aliphatic heterocycles. The quantitative estimate of drug-likeness (QED) is 0.446. The number of methoxy groups -OCH3 is 2. The van der Waals surface area contributed by atoms with E-state index in [2.05, 4.69) is 9.47 Å². The van der Waals surface area contributed by atoms with Crippen molar-refractivity contribution < 1.29 is 29.3 Å². The molecule has 0 bridgehead atoms. The lowest BCUT2D eigenvalue weighted by molar-refractivity contribution is -0.164. The van der Waals surface area contributed by atoms with Gasteiger partial charge in [0.1, 0.15) is 0 Å². The number of carboxylic acid groups (broad SMARTS) is 2. The third kappa shape index (κ3) is 3.86. The monoisotopic (exact) mass is 192 g/mol. The number of hydrogen-bond acceptors (Lipinski definition) is 4. The van der Waals surface area contributed by atoms with Crippen molar-refractivity contribution in [3.05, 3.63) is 0 Å². The average molecular weight is 192 g/mol. The highest BCUT2D eigenvalue weighted by Gasteiger charge is 2.29. The summed E-state index contributed by atoms with van der Waals surface area (Å²) < 4.78 is 9.36. The molecule has 6 heteroatoms. The molecule has 0 aromatic carbocycles. The van der Waals surface area contributed by atoms with E-state index in [0.717, 1.165) is 0 Å². The predicted molar refractivity (Wildman–Crippen MR) is 41.2 cm³/mol. The van der Waals surface area contributed by atoms with E-state index < -0.39 is 24.1 Å². The molecule has 0 atom stereocenters. The van der Waals surface area contributed by atoms with Crippen LogP contribution in [0.25, 0.3) is 0 Å². The number of hydrogen-bond donors (Lipinski definition) is 2. The van der Waals surface area contributed by atoms with Gasteiger partial charge in [-0.05, 0) is 0 Å². The summed E-state index contributed by atoms with van der Waals surface area (Å²) in [4.78, 5) is 20.8. The summed E-state index contributed by atoms with van der Waals surface area (Å²) in [5, 5.41) is 17.0. The molecule has 76 valence electrons. The molecule has 0 aliphatic carbocycles. The van der Waals surface area contributed by atoms with E-state index in [1.165, 1.54) is 14.2 Å². The second-order valence-corrected chi connectivity index (χ2v) is 2.37. The molecule has 0 amide bonds. The van der Waals surface area contributed by atoms with Crippen molar-refractivity contribution in [1.82, 2.24) is 0 Å². The summed E-state index contributed by atoms with van der Waals surface area (Å²) in [5.41, 5.74) is 0. The van der Waals surface area contributed by atoms with Crippen LogP contribution >= 0.6 is 0 Å². The van der Waals surface area contributed by atoms with Crippen LogP contribution in [0.2, 0.25) is 0 Å². The zero-order valence-electron chi connectivity index (χ0n) is 7.39. The van der Waals surface area contributed by atoms with Gasteiger partial charge in [-0.15, -0.1) is 0 Å². The first-order valence-corrected chi connectivity index (χ1v) is 3.54. The van der Waals surface area contributed by atoms with E-state index in [4.69, 9.17) is 10.2 Å². The van der Waals surface area contributed by atoms with Gasteiger partial charge in [-0.2, -0.15) is 0 Å². The minimum Gasteiger partial charge on any atom is -0.481 e. The van der Waals surface area contributed by atoms with Crippen molar-refractivity contribution in [2.75, 3.05) is 14.2 Å². The first kappa shape index (κ1) is 11.9. The SMILES string of the molecule is COC(CC(C(=O)O)C(=O)O)OC. The van der Waals surface area contributed by atoms with Crippen molar-refractivity contribution in [3.63, 3.8) is 0 Å². The second kappa shape index (κ2) is 5.50. The Morgan fingerprint density at radius 2 is 1.54 bits per heavy atom. The van der Waals surface area contributed by atoms with Crippen LogP contribution in [-0.4, -0.2) is 42.7 Å². The molecule has 0 aromatic heterocycles. The minimum absolute atomic E-state index is 0.211. The number of carboxylic acids is 2. The first-order chi connectivity index (χ1) is 6.02. The predicted octanol–water partition coefficient (Wildman–Crippen LogP) is -0.219. The largest absolute Gasteiger partial charge is 0.481 e. The van der Waals surface area contributed by atoms with Crippen molar-refractivity contribution in [1.29, 1.82) is 0 Å². The summed E-state index contributed by atoms with van der Waals surface area (Å²) in [6.07, 6.45) is -1.02. The zero-order valence-corrected chi connectivity index (χ0v) is 7.39. The Balaban J connectivity index is 4.24. The minimum atomic E-state index is -1.50. The average Bonchev–Trinajstić information content (AvgIpc) is 2.05. The smallest absolute Gasteiger partial charge is 0.318 e. The molecule has 0 aliphatic rings. The van der Waals surface area contributed by atoms with Crippen molar-refractivity contribution >= 4 is 11.9 Å². The Labute approximate surface area is 75.1 Å². The Bertz CT molecular complexity index is 171. The van der Waals surface area contributed by atoms with Gasteiger partial charge in [0.05, 0.1) is 0 Å². The van der Waals surface area contributed by atoms with Crippen LogP contribution in [0.5, 0.6) is 0 Å². The first-order valence-electron chi connectivity index (χ1n) is 3.54. The van der Waals surface area contributed by atoms with Gasteiger partial charge in [0.25, 0.3) is 0 Å². The number of rotatable bonds is 6. The molecule has 0 fully saturated rings. The van der Waals surface area contributed by atoms with Crippen molar-refractivity contribution in [2.45, 2.75) is 12.7 Å². The summed E-state index contributed by atoms with van der Waals surface area (Å²) in [6, 6.07) is 0. The Hall–Kier alpha value is -1.14. The van der Waals surface area contributed by atoms with Crippen molar-refractivity contribution in [2.24, 2.45) is 5.92 Å². The molecule has 0 spiro atoms. The fourth-order valence-corrected chi connectivity index (χ4v) is 0.788. The zero-order chi connectivity index (χ0) is 10.4. The van der Waals surface area contributed by atoms with E-state index in [9.17, 15) is 9.59 Å². The van der Waals surface area contributed by atoms with E-state index in [-0.39, 0.29) is 6.42 Å². The summed E-state index contributed by atoms with van der Waals surface area (Å²) in [5.74, 6) is -4.29. The molecule has 0 unspecified atom stereocenters. The van der Waals surface area contributed by atoms with Crippen LogP contribution in [0, 0.1) is 5.92 Å². The lowest BCUT2D eigenvalue weighted by Gasteiger charge is -2.15. The molecular weight excluding hydrogens is 180 g/mol. The van der Waals surface area contributed by atoms with Gasteiger partial charge >= 0.3 is 11.9 Å². The third-order valence-corrected chi connectivity index (χ3v) is 1.55. The Morgan fingerprint density at radius 3 is 1.77 bits per heavy atom. The van der Waals surface area contributed by atoms with Gasteiger partial charge in [0, 0.05) is 20.6 Å². The van der Waals surface area contributed by atoms with Gasteiger partial charge in [-0.25, -0.2) is 0 Å². The summed E-state index contributed by atoms with van der Waals surface area (Å²) in [7, 11) is 2.63. The highest BCUT2D eigenvalue weighted by Crippen LogP contribution is 2.10. The van der Waals surface area contributed by atoms with Crippen LogP contribution in [0.1, 0.15) is 6.42 Å². The molecule has 13 heavy (non-hydrogen) atoms. The molecular formula is C7H12O6. The molecule has 0 rings (SSSR count). The van der Waals surface area contributed by atoms with E-state index >= 15 is 0 Å². The lowest BCUT2D eigenvalue weighted by Crippen LogP contribution is -2.29. The van der Waals surface area contributed by atoms with Crippen LogP contribution in [0.3, 0.4) is 0 Å². The Kier molecular flexibility index (Phi) is 5.01. The molecule has 0 saturated carbocycles. The molecule has 0 heterocycles. The van der Waals surface area contributed by atoms with Crippen LogP contribution < -0.4 is 0 Å². The fourth-order valence-electron chi connectivity index (χ4n) is 0.788.